The number of benzene rings is 1. The van der Waals surface area contributed by atoms with Crippen LogP contribution in [0.3, 0.4) is 0 Å². The standard InChI is InChI=1S/C13H17F4NO/c1-2-10(18)7-9-3-4-12(11(14)8-9)19-6-5-13(15,16)17/h3-4,8,10H,2,5-7,18H2,1H3. The van der Waals surface area contributed by atoms with Crippen LogP contribution in [-0.2, 0) is 6.42 Å². The van der Waals surface area contributed by atoms with Crippen molar-refractivity contribution in [2.75, 3.05) is 6.61 Å². The molecule has 0 saturated heterocycles. The summed E-state index contributed by atoms with van der Waals surface area (Å²) in [6, 6.07) is 4.14. The Morgan fingerprint density at radius 2 is 2.00 bits per heavy atom. The Bertz CT molecular complexity index is 406. The van der Waals surface area contributed by atoms with E-state index >= 15 is 0 Å². The average molecular weight is 279 g/mol. The minimum Gasteiger partial charge on any atom is -0.490 e. The summed E-state index contributed by atoms with van der Waals surface area (Å²) in [6.07, 6.45) is -4.11. The predicted molar refractivity (Wildman–Crippen MR) is 64.5 cm³/mol. The second kappa shape index (κ2) is 6.75. The van der Waals surface area contributed by atoms with Gasteiger partial charge in [0.2, 0.25) is 0 Å². The summed E-state index contributed by atoms with van der Waals surface area (Å²) in [7, 11) is 0. The lowest BCUT2D eigenvalue weighted by atomic mass is 10.0. The zero-order valence-corrected chi connectivity index (χ0v) is 10.6. The van der Waals surface area contributed by atoms with E-state index in [1.807, 2.05) is 6.92 Å². The van der Waals surface area contributed by atoms with Crippen molar-refractivity contribution in [3.63, 3.8) is 0 Å². The highest BCUT2D eigenvalue weighted by Gasteiger charge is 2.27. The van der Waals surface area contributed by atoms with Crippen LogP contribution in [0.1, 0.15) is 25.3 Å². The maximum absolute atomic E-state index is 13.6. The van der Waals surface area contributed by atoms with Gasteiger partial charge in [-0.15, -0.1) is 0 Å². The van der Waals surface area contributed by atoms with Crippen molar-refractivity contribution < 1.29 is 22.3 Å². The van der Waals surface area contributed by atoms with E-state index in [2.05, 4.69) is 0 Å². The fourth-order valence-corrected chi connectivity index (χ4v) is 1.51. The zero-order valence-electron chi connectivity index (χ0n) is 10.6. The monoisotopic (exact) mass is 279 g/mol. The van der Waals surface area contributed by atoms with Gasteiger partial charge in [-0.1, -0.05) is 13.0 Å². The van der Waals surface area contributed by atoms with Gasteiger partial charge >= 0.3 is 6.18 Å². The number of hydrogen-bond acceptors (Lipinski definition) is 2. The van der Waals surface area contributed by atoms with E-state index in [1.54, 1.807) is 6.07 Å². The number of hydrogen-bond donors (Lipinski definition) is 1. The van der Waals surface area contributed by atoms with Gasteiger partial charge in [-0.3, -0.25) is 0 Å². The number of rotatable bonds is 6. The molecule has 0 bridgehead atoms. The second-order valence-electron chi connectivity index (χ2n) is 4.35. The molecule has 1 atom stereocenters. The molecule has 1 unspecified atom stereocenters. The highest BCUT2D eigenvalue weighted by molar-refractivity contribution is 5.29. The van der Waals surface area contributed by atoms with Crippen LogP contribution in [0.2, 0.25) is 0 Å². The van der Waals surface area contributed by atoms with Gasteiger partial charge in [0.25, 0.3) is 0 Å². The normalized spacial score (nSPS) is 13.4. The topological polar surface area (TPSA) is 35.2 Å². The lowest BCUT2D eigenvalue weighted by Crippen LogP contribution is -2.21. The van der Waals surface area contributed by atoms with E-state index < -0.39 is 25.0 Å². The largest absolute Gasteiger partial charge is 0.490 e. The molecule has 0 spiro atoms. The SMILES string of the molecule is CCC(N)Cc1ccc(OCCC(F)(F)F)c(F)c1. The third kappa shape index (κ3) is 5.92. The molecule has 2 nitrogen and oxygen atoms in total. The number of nitrogens with two attached hydrogens (primary N) is 1. The van der Waals surface area contributed by atoms with E-state index in [4.69, 9.17) is 10.5 Å². The lowest BCUT2D eigenvalue weighted by molar-refractivity contribution is -0.139. The Kier molecular flexibility index (Phi) is 5.60. The predicted octanol–water partition coefficient (Wildman–Crippen LogP) is 3.44. The second-order valence-corrected chi connectivity index (χ2v) is 4.35. The van der Waals surface area contributed by atoms with Crippen LogP contribution < -0.4 is 10.5 Å². The van der Waals surface area contributed by atoms with Crippen LogP contribution >= 0.6 is 0 Å². The van der Waals surface area contributed by atoms with Gasteiger partial charge in [-0.05, 0) is 30.5 Å². The molecule has 108 valence electrons. The summed E-state index contributed by atoms with van der Waals surface area (Å²) >= 11 is 0. The lowest BCUT2D eigenvalue weighted by Gasteiger charge is -2.12. The van der Waals surface area contributed by atoms with Crippen LogP contribution in [0.15, 0.2) is 18.2 Å². The van der Waals surface area contributed by atoms with E-state index in [9.17, 15) is 17.6 Å². The zero-order chi connectivity index (χ0) is 14.5. The fraction of sp³-hybridized carbons (Fsp3) is 0.538. The smallest absolute Gasteiger partial charge is 0.392 e. The first-order valence-corrected chi connectivity index (χ1v) is 6.05. The molecule has 0 aliphatic carbocycles. The molecule has 0 aliphatic heterocycles. The molecule has 6 heteroatoms. The Hall–Kier alpha value is -1.30. The summed E-state index contributed by atoms with van der Waals surface area (Å²) < 4.78 is 54.1. The number of ether oxygens (including phenoxy) is 1. The van der Waals surface area contributed by atoms with Gasteiger partial charge in [0.05, 0.1) is 13.0 Å². The van der Waals surface area contributed by atoms with Gasteiger partial charge in [-0.2, -0.15) is 13.2 Å². The highest BCUT2D eigenvalue weighted by atomic mass is 19.4. The van der Waals surface area contributed by atoms with E-state index in [-0.39, 0.29) is 11.8 Å². The fourth-order valence-electron chi connectivity index (χ4n) is 1.51. The van der Waals surface area contributed by atoms with Gasteiger partial charge in [0.1, 0.15) is 0 Å². The molecule has 1 rings (SSSR count). The molecule has 0 saturated carbocycles. The van der Waals surface area contributed by atoms with Crippen LogP contribution in [0, 0.1) is 5.82 Å². The highest BCUT2D eigenvalue weighted by Crippen LogP contribution is 2.23. The van der Waals surface area contributed by atoms with Crippen molar-refractivity contribution >= 4 is 0 Å². The summed E-state index contributed by atoms with van der Waals surface area (Å²) in [5, 5.41) is 0. The first-order valence-electron chi connectivity index (χ1n) is 6.05. The minimum absolute atomic E-state index is 0.0589. The van der Waals surface area contributed by atoms with Crippen LogP contribution in [-0.4, -0.2) is 18.8 Å². The Morgan fingerprint density at radius 1 is 1.32 bits per heavy atom. The van der Waals surface area contributed by atoms with Gasteiger partial charge in [-0.25, -0.2) is 4.39 Å². The molecule has 0 amide bonds. The molecular weight excluding hydrogens is 262 g/mol. The van der Waals surface area contributed by atoms with Crippen LogP contribution in [0.25, 0.3) is 0 Å². The third-order valence-corrected chi connectivity index (χ3v) is 2.66. The first kappa shape index (κ1) is 15.8. The molecule has 2 N–H and O–H groups in total. The average Bonchev–Trinajstić information content (AvgIpc) is 2.30. The van der Waals surface area contributed by atoms with Crippen molar-refractivity contribution in [2.24, 2.45) is 5.73 Å². The molecule has 0 aliphatic rings. The van der Waals surface area contributed by atoms with E-state index in [1.165, 1.54) is 12.1 Å². The van der Waals surface area contributed by atoms with Crippen molar-refractivity contribution in [3.05, 3.63) is 29.6 Å². The van der Waals surface area contributed by atoms with Crippen molar-refractivity contribution in [3.8, 4) is 5.75 Å². The molecule has 0 radical (unpaired) electrons. The van der Waals surface area contributed by atoms with Crippen molar-refractivity contribution in [2.45, 2.75) is 38.4 Å². The van der Waals surface area contributed by atoms with E-state index in [0.717, 1.165) is 6.42 Å². The maximum atomic E-state index is 13.6. The minimum atomic E-state index is -4.30. The molecule has 1 aromatic carbocycles. The Morgan fingerprint density at radius 3 is 2.53 bits per heavy atom. The van der Waals surface area contributed by atoms with Gasteiger partial charge < -0.3 is 10.5 Å². The molecule has 1 aromatic rings. The van der Waals surface area contributed by atoms with Gasteiger partial charge in [0.15, 0.2) is 11.6 Å². The summed E-state index contributed by atoms with van der Waals surface area (Å²) in [5.41, 5.74) is 6.45. The third-order valence-electron chi connectivity index (χ3n) is 2.66. The quantitative estimate of drug-likeness (QED) is 0.810. The molecule has 19 heavy (non-hydrogen) atoms. The number of halogens is 4. The Labute approximate surface area is 109 Å². The molecule has 0 fully saturated rings. The molecular formula is C13H17F4NO. The molecule has 0 heterocycles. The van der Waals surface area contributed by atoms with Crippen LogP contribution in [0.5, 0.6) is 5.75 Å². The maximum Gasteiger partial charge on any atom is 0.392 e. The summed E-state index contributed by atoms with van der Waals surface area (Å²) in [5.74, 6) is -0.832. The van der Waals surface area contributed by atoms with E-state index in [0.29, 0.717) is 12.0 Å². The first-order chi connectivity index (χ1) is 8.81. The molecule has 0 aromatic heterocycles. The van der Waals surface area contributed by atoms with Crippen molar-refractivity contribution in [1.29, 1.82) is 0 Å². The summed E-state index contributed by atoms with van der Waals surface area (Å²) in [6.45, 7) is 1.34. The van der Waals surface area contributed by atoms with Crippen LogP contribution in [0.4, 0.5) is 17.6 Å². The number of alkyl halides is 3. The Balaban J connectivity index is 2.57. The van der Waals surface area contributed by atoms with Crippen molar-refractivity contribution in [1.82, 2.24) is 0 Å². The van der Waals surface area contributed by atoms with Gasteiger partial charge in [0, 0.05) is 6.04 Å². The summed E-state index contributed by atoms with van der Waals surface area (Å²) in [4.78, 5) is 0.